The Balaban J connectivity index is 1.71. The van der Waals surface area contributed by atoms with Crippen molar-refractivity contribution < 1.29 is 23.7 Å². The van der Waals surface area contributed by atoms with Gasteiger partial charge in [0, 0.05) is 31.5 Å². The van der Waals surface area contributed by atoms with Crippen LogP contribution in [-0.2, 0) is 9.47 Å². The average Bonchev–Trinajstić information content (AvgIpc) is 3.22. The van der Waals surface area contributed by atoms with Gasteiger partial charge >= 0.3 is 6.01 Å². The van der Waals surface area contributed by atoms with Gasteiger partial charge in [-0.15, -0.1) is 5.10 Å². The topological polar surface area (TPSA) is 90.7 Å². The summed E-state index contributed by atoms with van der Waals surface area (Å²) in [6, 6.07) is 13.8. The van der Waals surface area contributed by atoms with E-state index in [0.717, 1.165) is 11.4 Å². The molecule has 8 nitrogen and oxygen atoms in total. The molecule has 0 aliphatic rings. The number of ether oxygens (including phenoxy) is 3. The van der Waals surface area contributed by atoms with Crippen molar-refractivity contribution >= 4 is 5.69 Å². The van der Waals surface area contributed by atoms with E-state index in [2.05, 4.69) is 29.2 Å². The van der Waals surface area contributed by atoms with Crippen LogP contribution in [0.4, 0.5) is 10.1 Å². The molecule has 2 N–H and O–H groups in total. The van der Waals surface area contributed by atoms with Crippen molar-refractivity contribution in [3.63, 3.8) is 0 Å². The van der Waals surface area contributed by atoms with Crippen LogP contribution in [0.15, 0.2) is 48.5 Å². The molecular formula is C24H31FN4O4. The molecular weight excluding hydrogens is 427 g/mol. The maximum atomic E-state index is 13.4. The van der Waals surface area contributed by atoms with Crippen LogP contribution in [0.1, 0.15) is 13.8 Å². The quantitative estimate of drug-likeness (QED) is 0.379. The second kappa shape index (κ2) is 12.3. The van der Waals surface area contributed by atoms with Gasteiger partial charge in [0.1, 0.15) is 12.4 Å². The van der Waals surface area contributed by atoms with Crippen molar-refractivity contribution in [2.75, 3.05) is 45.4 Å². The van der Waals surface area contributed by atoms with E-state index in [0.29, 0.717) is 43.7 Å². The van der Waals surface area contributed by atoms with Crippen LogP contribution in [0, 0.1) is 11.7 Å². The number of anilines is 1. The maximum Gasteiger partial charge on any atom is 0.336 e. The van der Waals surface area contributed by atoms with Crippen LogP contribution in [0.3, 0.4) is 0 Å². The molecule has 0 radical (unpaired) electrons. The summed E-state index contributed by atoms with van der Waals surface area (Å²) in [6.07, 6.45) is -0.601. The van der Waals surface area contributed by atoms with E-state index >= 15 is 0 Å². The highest BCUT2D eigenvalue weighted by Crippen LogP contribution is 2.24. The fourth-order valence-electron chi connectivity index (χ4n) is 2.99. The predicted octanol–water partition coefficient (Wildman–Crippen LogP) is 3.54. The van der Waals surface area contributed by atoms with E-state index < -0.39 is 6.10 Å². The summed E-state index contributed by atoms with van der Waals surface area (Å²) in [5.74, 6) is 0.634. The van der Waals surface area contributed by atoms with Gasteiger partial charge in [-0.3, -0.25) is 0 Å². The lowest BCUT2D eigenvalue weighted by atomic mass is 10.2. The molecule has 0 amide bonds. The van der Waals surface area contributed by atoms with Gasteiger partial charge in [-0.25, -0.2) is 9.07 Å². The first-order chi connectivity index (χ1) is 16.0. The molecule has 0 aliphatic heterocycles. The Morgan fingerprint density at radius 2 is 1.76 bits per heavy atom. The van der Waals surface area contributed by atoms with Crippen LogP contribution < -0.4 is 10.1 Å². The molecule has 1 heterocycles. The third-order valence-electron chi connectivity index (χ3n) is 4.62. The Morgan fingerprint density at radius 3 is 2.42 bits per heavy atom. The van der Waals surface area contributed by atoms with E-state index in [9.17, 15) is 9.50 Å². The zero-order chi connectivity index (χ0) is 23.6. The van der Waals surface area contributed by atoms with Crippen LogP contribution in [0.25, 0.3) is 17.1 Å². The Hall–Kier alpha value is -3.01. The Labute approximate surface area is 193 Å². The highest BCUT2D eigenvalue weighted by molar-refractivity contribution is 5.59. The van der Waals surface area contributed by atoms with Gasteiger partial charge in [0.05, 0.1) is 25.0 Å². The van der Waals surface area contributed by atoms with Crippen LogP contribution in [-0.4, -0.2) is 66.1 Å². The molecule has 1 unspecified atom stereocenters. The molecule has 0 bridgehead atoms. The second-order valence-electron chi connectivity index (χ2n) is 7.99. The fraction of sp³-hybridized carbons (Fsp3) is 0.417. The fourth-order valence-corrected chi connectivity index (χ4v) is 2.99. The monoisotopic (exact) mass is 458 g/mol. The van der Waals surface area contributed by atoms with Crippen molar-refractivity contribution in [2.24, 2.45) is 5.92 Å². The summed E-state index contributed by atoms with van der Waals surface area (Å²) >= 11 is 0. The SMILES string of the molecule is COCCOc1nc(-c2ccc(F)cc2)n(-c2ccc(NCC(O)COCC(C)C)cc2)n1. The minimum Gasteiger partial charge on any atom is -0.460 e. The molecule has 0 spiro atoms. The van der Waals surface area contributed by atoms with Gasteiger partial charge < -0.3 is 24.6 Å². The van der Waals surface area contributed by atoms with E-state index in [1.807, 2.05) is 24.3 Å². The smallest absolute Gasteiger partial charge is 0.336 e. The molecule has 1 atom stereocenters. The molecule has 1 aromatic heterocycles. The lowest BCUT2D eigenvalue weighted by molar-refractivity contribution is 0.0318. The van der Waals surface area contributed by atoms with Gasteiger partial charge in [-0.2, -0.15) is 4.98 Å². The summed E-state index contributed by atoms with van der Waals surface area (Å²) < 4.78 is 31.1. The van der Waals surface area contributed by atoms with Crippen molar-refractivity contribution in [2.45, 2.75) is 20.0 Å². The number of rotatable bonds is 13. The number of benzene rings is 2. The summed E-state index contributed by atoms with van der Waals surface area (Å²) in [7, 11) is 1.59. The minimum atomic E-state index is -0.601. The first kappa shape index (κ1) is 24.6. The number of aromatic nitrogens is 3. The van der Waals surface area contributed by atoms with Crippen LogP contribution in [0.5, 0.6) is 6.01 Å². The van der Waals surface area contributed by atoms with Crippen LogP contribution >= 0.6 is 0 Å². The lowest BCUT2D eigenvalue weighted by Crippen LogP contribution is -2.25. The van der Waals surface area contributed by atoms with Crippen LogP contribution in [0.2, 0.25) is 0 Å². The Morgan fingerprint density at radius 1 is 1.03 bits per heavy atom. The number of aliphatic hydroxyl groups is 1. The van der Waals surface area contributed by atoms with Crippen molar-refractivity contribution in [1.82, 2.24) is 14.8 Å². The molecule has 0 aliphatic carbocycles. The average molecular weight is 459 g/mol. The zero-order valence-electron chi connectivity index (χ0n) is 19.2. The third kappa shape index (κ3) is 7.52. The van der Waals surface area contributed by atoms with Crippen molar-refractivity contribution in [1.29, 1.82) is 0 Å². The number of hydrogen-bond donors (Lipinski definition) is 2. The highest BCUT2D eigenvalue weighted by atomic mass is 19.1. The zero-order valence-corrected chi connectivity index (χ0v) is 19.2. The molecule has 3 aromatic rings. The molecule has 0 saturated heterocycles. The summed E-state index contributed by atoms with van der Waals surface area (Å²) in [4.78, 5) is 4.47. The number of methoxy groups -OCH3 is 1. The third-order valence-corrected chi connectivity index (χ3v) is 4.62. The highest BCUT2D eigenvalue weighted by Gasteiger charge is 2.15. The molecule has 2 aromatic carbocycles. The summed E-state index contributed by atoms with van der Waals surface area (Å²) in [5, 5.41) is 17.7. The Kier molecular flexibility index (Phi) is 9.17. The first-order valence-electron chi connectivity index (χ1n) is 10.9. The minimum absolute atomic E-state index is 0.207. The van der Waals surface area contributed by atoms with Gasteiger partial charge in [-0.05, 0) is 54.4 Å². The largest absolute Gasteiger partial charge is 0.460 e. The predicted molar refractivity (Wildman–Crippen MR) is 124 cm³/mol. The number of nitrogens with zero attached hydrogens (tertiary/aromatic N) is 3. The van der Waals surface area contributed by atoms with Gasteiger partial charge in [0.25, 0.3) is 0 Å². The Bertz CT molecular complexity index is 977. The van der Waals surface area contributed by atoms with Gasteiger partial charge in [0.2, 0.25) is 0 Å². The molecule has 9 heteroatoms. The van der Waals surface area contributed by atoms with Gasteiger partial charge in [0.15, 0.2) is 5.82 Å². The van der Waals surface area contributed by atoms with Gasteiger partial charge in [-0.1, -0.05) is 13.8 Å². The van der Waals surface area contributed by atoms with Crippen molar-refractivity contribution in [3.05, 3.63) is 54.3 Å². The summed E-state index contributed by atoms with van der Waals surface area (Å²) in [6.45, 7) is 6.14. The van der Waals surface area contributed by atoms with E-state index in [4.69, 9.17) is 14.2 Å². The number of hydrogen-bond acceptors (Lipinski definition) is 7. The van der Waals surface area contributed by atoms with E-state index in [1.54, 1.807) is 23.9 Å². The molecule has 3 rings (SSSR count). The van der Waals surface area contributed by atoms with E-state index in [1.165, 1.54) is 12.1 Å². The molecule has 178 valence electrons. The first-order valence-corrected chi connectivity index (χ1v) is 10.9. The lowest BCUT2D eigenvalue weighted by Gasteiger charge is -2.14. The number of aliphatic hydroxyl groups excluding tert-OH is 1. The summed E-state index contributed by atoms with van der Waals surface area (Å²) in [5.41, 5.74) is 2.31. The molecule has 0 saturated carbocycles. The normalized spacial score (nSPS) is 12.2. The molecule has 0 fully saturated rings. The maximum absolute atomic E-state index is 13.4. The van der Waals surface area contributed by atoms with E-state index in [-0.39, 0.29) is 18.4 Å². The standard InChI is InChI=1S/C24H31FN4O4/c1-17(2)15-32-16-22(30)14-26-20-8-10-21(11-9-20)29-23(18-4-6-19(25)7-5-18)27-24(28-29)33-13-12-31-3/h4-11,17,22,26,30H,12-16H2,1-3H3. The second-order valence-corrected chi connectivity index (χ2v) is 7.99. The molecule has 33 heavy (non-hydrogen) atoms. The van der Waals surface area contributed by atoms with Crippen molar-refractivity contribution in [3.8, 4) is 23.1 Å². The number of nitrogens with one attached hydrogen (secondary N) is 1. The number of halogens is 1.